The van der Waals surface area contributed by atoms with Crippen LogP contribution in [0.5, 0.6) is 0 Å². The van der Waals surface area contributed by atoms with E-state index in [1.165, 1.54) is 0 Å². The molecule has 5 rings (SSSR count). The molecule has 1 fully saturated rings. The smallest absolute Gasteiger partial charge is 0.186 e. The van der Waals surface area contributed by atoms with Crippen LogP contribution in [-0.4, -0.2) is 55.6 Å². The van der Waals surface area contributed by atoms with Crippen LogP contribution in [-0.2, 0) is 54.8 Å². The number of benzene rings is 4. The van der Waals surface area contributed by atoms with Crippen molar-refractivity contribution in [1.82, 2.24) is 0 Å². The van der Waals surface area contributed by atoms with Gasteiger partial charge in [0.05, 0.1) is 33.0 Å². The molecule has 0 saturated carbocycles. The number of hydrogen-bond acceptors (Lipinski definition) is 7. The van der Waals surface area contributed by atoms with Gasteiger partial charge in [-0.25, -0.2) is 0 Å². The van der Waals surface area contributed by atoms with Crippen molar-refractivity contribution in [2.75, 3.05) is 13.7 Å². The molecule has 1 aliphatic heterocycles. The van der Waals surface area contributed by atoms with Crippen LogP contribution in [0.2, 0.25) is 0 Å². The zero-order valence-corrected chi connectivity index (χ0v) is 24.4. The molecule has 7 nitrogen and oxygen atoms in total. The molecule has 4 aromatic rings. The van der Waals surface area contributed by atoms with E-state index >= 15 is 0 Å². The number of rotatable bonds is 15. The van der Waals surface area contributed by atoms with Gasteiger partial charge in [0, 0.05) is 7.11 Å². The molecule has 0 aliphatic carbocycles. The van der Waals surface area contributed by atoms with Gasteiger partial charge >= 0.3 is 0 Å². The molecule has 4 aromatic carbocycles. The van der Waals surface area contributed by atoms with Crippen LogP contribution in [0.1, 0.15) is 22.3 Å². The Kier molecular flexibility index (Phi) is 11.9. The van der Waals surface area contributed by atoms with E-state index in [4.69, 9.17) is 28.4 Å². The lowest BCUT2D eigenvalue weighted by molar-refractivity contribution is -0.333. The van der Waals surface area contributed by atoms with Gasteiger partial charge in [0.15, 0.2) is 6.29 Å². The summed E-state index contributed by atoms with van der Waals surface area (Å²) < 4.78 is 38.4. The van der Waals surface area contributed by atoms with Crippen LogP contribution >= 0.6 is 0 Å². The molecule has 3 unspecified atom stereocenters. The Labute approximate surface area is 253 Å². The zero-order valence-electron chi connectivity index (χ0n) is 24.4. The zero-order chi connectivity index (χ0) is 29.7. The van der Waals surface area contributed by atoms with E-state index in [1.54, 1.807) is 7.11 Å². The molecule has 0 bridgehead atoms. The fourth-order valence-electron chi connectivity index (χ4n) is 5.21. The van der Waals surface area contributed by atoms with E-state index in [0.717, 1.165) is 22.3 Å². The van der Waals surface area contributed by atoms with E-state index in [2.05, 4.69) is 0 Å². The Morgan fingerprint density at radius 1 is 0.558 bits per heavy atom. The maximum atomic E-state index is 10.6. The Bertz CT molecular complexity index is 1310. The van der Waals surface area contributed by atoms with Crippen LogP contribution in [0.25, 0.3) is 0 Å². The van der Waals surface area contributed by atoms with E-state index in [1.807, 2.05) is 121 Å². The molecule has 0 aromatic heterocycles. The third-order valence-electron chi connectivity index (χ3n) is 7.47. The van der Waals surface area contributed by atoms with Gasteiger partial charge in [-0.15, -0.1) is 0 Å². The first-order valence-corrected chi connectivity index (χ1v) is 14.7. The number of aliphatic hydroxyl groups excluding tert-OH is 1. The predicted octanol–water partition coefficient (Wildman–Crippen LogP) is 5.69. The average Bonchev–Trinajstić information content (AvgIpc) is 3.07. The van der Waals surface area contributed by atoms with Crippen molar-refractivity contribution in [2.24, 2.45) is 0 Å². The molecule has 0 amide bonds. The highest BCUT2D eigenvalue weighted by atomic mass is 16.7. The Balaban J connectivity index is 1.44. The summed E-state index contributed by atoms with van der Waals surface area (Å²) in [7, 11) is 1.58. The summed E-state index contributed by atoms with van der Waals surface area (Å²) in [6.07, 6.45) is -4.09. The van der Waals surface area contributed by atoms with Crippen LogP contribution < -0.4 is 0 Å². The van der Waals surface area contributed by atoms with Gasteiger partial charge in [-0.05, 0) is 22.3 Å². The molecule has 1 heterocycles. The summed E-state index contributed by atoms with van der Waals surface area (Å²) in [5.74, 6) is 0. The van der Waals surface area contributed by atoms with Gasteiger partial charge in [0.1, 0.15) is 30.5 Å². The molecule has 1 saturated heterocycles. The summed E-state index contributed by atoms with van der Waals surface area (Å²) in [6.45, 7) is 1.01. The molecule has 7 heteroatoms. The van der Waals surface area contributed by atoms with Gasteiger partial charge in [-0.2, -0.15) is 0 Å². The highest BCUT2D eigenvalue weighted by molar-refractivity contribution is 5.16. The van der Waals surface area contributed by atoms with E-state index in [0.29, 0.717) is 26.4 Å². The van der Waals surface area contributed by atoms with Crippen LogP contribution in [0.15, 0.2) is 121 Å². The van der Waals surface area contributed by atoms with Gasteiger partial charge in [0.25, 0.3) is 0 Å². The summed E-state index contributed by atoms with van der Waals surface area (Å²) in [5, 5.41) is 10.6. The minimum Gasteiger partial charge on any atom is -0.394 e. The fourth-order valence-corrected chi connectivity index (χ4v) is 5.21. The largest absolute Gasteiger partial charge is 0.394 e. The second-order valence-corrected chi connectivity index (χ2v) is 10.5. The number of methoxy groups -OCH3 is 1. The fraction of sp³-hybridized carbons (Fsp3) is 0.333. The monoisotopic (exact) mass is 584 g/mol. The van der Waals surface area contributed by atoms with Crippen molar-refractivity contribution in [2.45, 2.75) is 63.2 Å². The Hall–Kier alpha value is -3.40. The standard InChI is InChI=1S/C36H40O7/c1-38-36-35(42-26-30-20-12-5-13-21-30)34(41-25-29-18-10-4-11-19-29)33(40-24-28-16-8-3-9-17-28)32(43-36)31(22-37)39-23-27-14-6-2-7-15-27/h2-21,31-37H,22-26H2,1H3/t31-,32?,33+,34?,35?,36-/m0/s1. The Morgan fingerprint density at radius 2 is 0.953 bits per heavy atom. The number of aliphatic hydroxyl groups is 1. The first-order valence-electron chi connectivity index (χ1n) is 14.7. The van der Waals surface area contributed by atoms with Crippen LogP contribution in [0, 0.1) is 0 Å². The molecule has 1 aliphatic rings. The number of ether oxygens (including phenoxy) is 6. The molecular weight excluding hydrogens is 544 g/mol. The lowest BCUT2D eigenvalue weighted by atomic mass is 9.94. The van der Waals surface area contributed by atoms with E-state index < -0.39 is 36.8 Å². The topological polar surface area (TPSA) is 75.6 Å². The van der Waals surface area contributed by atoms with E-state index in [9.17, 15) is 5.11 Å². The van der Waals surface area contributed by atoms with Crippen molar-refractivity contribution in [3.63, 3.8) is 0 Å². The second-order valence-electron chi connectivity index (χ2n) is 10.5. The van der Waals surface area contributed by atoms with Gasteiger partial charge in [0.2, 0.25) is 0 Å². The molecule has 0 spiro atoms. The van der Waals surface area contributed by atoms with Crippen molar-refractivity contribution in [3.05, 3.63) is 144 Å². The maximum absolute atomic E-state index is 10.6. The lowest BCUT2D eigenvalue weighted by Gasteiger charge is -2.47. The third-order valence-corrected chi connectivity index (χ3v) is 7.47. The quantitative estimate of drug-likeness (QED) is 0.192. The highest BCUT2D eigenvalue weighted by Crippen LogP contribution is 2.33. The van der Waals surface area contributed by atoms with Gasteiger partial charge in [-0.1, -0.05) is 121 Å². The summed E-state index contributed by atoms with van der Waals surface area (Å²) in [6, 6.07) is 39.7. The second kappa shape index (κ2) is 16.4. The summed E-state index contributed by atoms with van der Waals surface area (Å²) in [5.41, 5.74) is 4.02. The average molecular weight is 585 g/mol. The van der Waals surface area contributed by atoms with Gasteiger partial charge < -0.3 is 33.5 Å². The maximum Gasteiger partial charge on any atom is 0.186 e. The lowest BCUT2D eigenvalue weighted by Crippen LogP contribution is -2.64. The molecule has 43 heavy (non-hydrogen) atoms. The minimum atomic E-state index is -0.791. The Morgan fingerprint density at radius 3 is 1.37 bits per heavy atom. The number of hydrogen-bond donors (Lipinski definition) is 1. The molecule has 0 radical (unpaired) electrons. The first kappa shape index (κ1) is 31.0. The van der Waals surface area contributed by atoms with Crippen LogP contribution in [0.3, 0.4) is 0 Å². The van der Waals surface area contributed by atoms with E-state index in [-0.39, 0.29) is 6.61 Å². The first-order chi connectivity index (χ1) is 21.2. The highest BCUT2D eigenvalue weighted by Gasteiger charge is 2.51. The van der Waals surface area contributed by atoms with Crippen molar-refractivity contribution >= 4 is 0 Å². The molecule has 6 atom stereocenters. The molecular formula is C36H40O7. The van der Waals surface area contributed by atoms with Crippen molar-refractivity contribution in [1.29, 1.82) is 0 Å². The van der Waals surface area contributed by atoms with Crippen molar-refractivity contribution < 1.29 is 33.5 Å². The SMILES string of the molecule is CO[C@H]1OC([C@H](CO)OCc2ccccc2)[C@@H](OCc2ccccc2)C(OCc2ccccc2)C1OCc1ccccc1. The summed E-state index contributed by atoms with van der Waals surface area (Å²) >= 11 is 0. The van der Waals surface area contributed by atoms with Crippen molar-refractivity contribution in [3.8, 4) is 0 Å². The van der Waals surface area contributed by atoms with Gasteiger partial charge in [-0.3, -0.25) is 0 Å². The normalized spacial score (nSPS) is 22.7. The predicted molar refractivity (Wildman–Crippen MR) is 163 cm³/mol. The summed E-state index contributed by atoms with van der Waals surface area (Å²) in [4.78, 5) is 0. The minimum absolute atomic E-state index is 0.278. The molecule has 226 valence electrons. The van der Waals surface area contributed by atoms with Crippen LogP contribution in [0.4, 0.5) is 0 Å². The third kappa shape index (κ3) is 8.81. The molecule has 1 N–H and O–H groups in total.